The molecule has 6 nitrogen and oxygen atoms in total. The Labute approximate surface area is 128 Å². The second-order valence-electron chi connectivity index (χ2n) is 5.53. The largest absolute Gasteiger partial charge is 0.366 e. The van der Waals surface area contributed by atoms with Gasteiger partial charge in [0.2, 0.25) is 5.91 Å². The van der Waals surface area contributed by atoms with Gasteiger partial charge >= 0.3 is 6.03 Å². The number of amides is 3. The lowest BCUT2D eigenvalue weighted by molar-refractivity contribution is -0.117. The van der Waals surface area contributed by atoms with Crippen LogP contribution in [0.5, 0.6) is 0 Å². The molecule has 0 aromatic heterocycles. The quantitative estimate of drug-likeness (QED) is 0.366. The van der Waals surface area contributed by atoms with Crippen molar-refractivity contribution in [2.75, 3.05) is 5.75 Å². The van der Waals surface area contributed by atoms with Crippen LogP contribution in [0.4, 0.5) is 4.79 Å². The predicted octanol–water partition coefficient (Wildman–Crippen LogP) is 0.713. The minimum absolute atomic E-state index is 0.0564. The Morgan fingerprint density at radius 3 is 2.86 bits per heavy atom. The number of nitrogens with one attached hydrogen (secondary N) is 2. The molecule has 3 atom stereocenters. The molecule has 3 amide bonds. The first-order valence-corrected chi connectivity index (χ1v) is 8.22. The first kappa shape index (κ1) is 15.9. The maximum absolute atomic E-state index is 11.6. The highest BCUT2D eigenvalue weighted by Gasteiger charge is 2.42. The number of primary amides is 1. The van der Waals surface area contributed by atoms with Crippen molar-refractivity contribution >= 4 is 29.5 Å². The molecule has 21 heavy (non-hydrogen) atoms. The van der Waals surface area contributed by atoms with Crippen molar-refractivity contribution in [3.63, 3.8) is 0 Å². The van der Waals surface area contributed by atoms with Crippen molar-refractivity contribution < 1.29 is 14.4 Å². The van der Waals surface area contributed by atoms with Gasteiger partial charge in [0.15, 0.2) is 5.78 Å². The first-order chi connectivity index (χ1) is 9.97. The number of nitrogens with two attached hydrogens (primary N) is 1. The molecule has 7 heteroatoms. The molecule has 0 radical (unpaired) electrons. The van der Waals surface area contributed by atoms with Crippen molar-refractivity contribution in [3.05, 3.63) is 11.6 Å². The van der Waals surface area contributed by atoms with E-state index in [4.69, 9.17) is 5.73 Å². The Morgan fingerprint density at radius 1 is 1.38 bits per heavy atom. The van der Waals surface area contributed by atoms with Crippen LogP contribution in [0.15, 0.2) is 11.6 Å². The van der Waals surface area contributed by atoms with Gasteiger partial charge in [-0.2, -0.15) is 11.8 Å². The van der Waals surface area contributed by atoms with Crippen molar-refractivity contribution in [1.82, 2.24) is 10.6 Å². The molecule has 0 unspecified atom stereocenters. The van der Waals surface area contributed by atoms with Gasteiger partial charge in [0.25, 0.3) is 0 Å². The molecule has 2 aliphatic heterocycles. The number of unbranched alkanes of at least 4 members (excludes halogenated alkanes) is 1. The number of hydrogen-bond acceptors (Lipinski definition) is 4. The molecule has 2 rings (SSSR count). The molecule has 2 heterocycles. The molecule has 2 saturated heterocycles. The Kier molecular flexibility index (Phi) is 5.27. The number of urea groups is 1. The van der Waals surface area contributed by atoms with Crippen LogP contribution in [0, 0.1) is 0 Å². The number of carbonyl (C=O) groups excluding carboxylic acids is 3. The van der Waals surface area contributed by atoms with E-state index in [1.165, 1.54) is 6.08 Å². The molecule has 0 aromatic rings. The van der Waals surface area contributed by atoms with Gasteiger partial charge in [0.1, 0.15) is 0 Å². The molecule has 0 spiro atoms. The van der Waals surface area contributed by atoms with E-state index >= 15 is 0 Å². The van der Waals surface area contributed by atoms with Gasteiger partial charge in [-0.1, -0.05) is 6.42 Å². The van der Waals surface area contributed by atoms with E-state index < -0.39 is 5.91 Å². The molecule has 2 fully saturated rings. The molecule has 116 valence electrons. The van der Waals surface area contributed by atoms with Crippen molar-refractivity contribution in [3.8, 4) is 0 Å². The zero-order valence-electron chi connectivity index (χ0n) is 12.1. The Morgan fingerprint density at radius 2 is 2.14 bits per heavy atom. The summed E-state index contributed by atoms with van der Waals surface area (Å²) >= 11 is 1.87. The standard InChI is InChI=1S/C14H21N3O3S/c1-8(13(15)19)6-9(18)4-2-3-5-11-12-10(7-21-11)16-14(20)17-12/h6,10-12H,2-5,7H2,1H3,(H2,15,19)(H2,16,17,20)/t10-,11-,12-/m0/s1. The monoisotopic (exact) mass is 311 g/mol. The molecule has 0 aliphatic carbocycles. The summed E-state index contributed by atoms with van der Waals surface area (Å²) in [6.07, 6.45) is 4.47. The third-order valence-corrected chi connectivity index (χ3v) is 5.37. The van der Waals surface area contributed by atoms with E-state index in [2.05, 4.69) is 10.6 Å². The Balaban J connectivity index is 1.66. The molecule has 0 bridgehead atoms. The van der Waals surface area contributed by atoms with E-state index in [9.17, 15) is 14.4 Å². The van der Waals surface area contributed by atoms with E-state index in [0.717, 1.165) is 25.0 Å². The van der Waals surface area contributed by atoms with Gasteiger partial charge in [0, 0.05) is 23.0 Å². The van der Waals surface area contributed by atoms with E-state index in [-0.39, 0.29) is 23.9 Å². The lowest BCUT2D eigenvalue weighted by Gasteiger charge is -2.16. The smallest absolute Gasteiger partial charge is 0.315 e. The maximum atomic E-state index is 11.6. The van der Waals surface area contributed by atoms with Crippen LogP contribution in [0.2, 0.25) is 0 Å². The third-order valence-electron chi connectivity index (χ3n) is 3.87. The maximum Gasteiger partial charge on any atom is 0.315 e. The van der Waals surface area contributed by atoms with Crippen molar-refractivity contribution in [1.29, 1.82) is 0 Å². The third kappa shape index (κ3) is 4.23. The number of carbonyl (C=O) groups is 3. The average Bonchev–Trinajstić information content (AvgIpc) is 2.94. The molecule has 0 saturated carbocycles. The highest BCUT2D eigenvalue weighted by atomic mass is 32.2. The molecule has 0 aromatic carbocycles. The number of rotatable bonds is 7. The summed E-state index contributed by atoms with van der Waals surface area (Å²) in [6.45, 7) is 1.55. The van der Waals surface area contributed by atoms with Gasteiger partial charge in [-0.05, 0) is 25.8 Å². The topological polar surface area (TPSA) is 101 Å². The van der Waals surface area contributed by atoms with Crippen LogP contribution in [0.25, 0.3) is 0 Å². The highest BCUT2D eigenvalue weighted by Crippen LogP contribution is 2.33. The van der Waals surface area contributed by atoms with Crippen LogP contribution in [0.1, 0.15) is 32.6 Å². The fraction of sp³-hybridized carbons (Fsp3) is 0.643. The highest BCUT2D eigenvalue weighted by molar-refractivity contribution is 8.00. The minimum Gasteiger partial charge on any atom is -0.366 e. The second-order valence-corrected chi connectivity index (χ2v) is 6.80. The lowest BCUT2D eigenvalue weighted by atomic mass is 10.0. The Bertz CT molecular complexity index is 478. The first-order valence-electron chi connectivity index (χ1n) is 7.17. The molecular weight excluding hydrogens is 290 g/mol. The molecule has 4 N–H and O–H groups in total. The summed E-state index contributed by atoms with van der Waals surface area (Å²) in [6, 6.07) is 0.392. The number of fused-ring (bicyclic) bond motifs is 1. The van der Waals surface area contributed by atoms with E-state index in [1.807, 2.05) is 11.8 Å². The number of allylic oxidation sites excluding steroid dienone is 1. The lowest BCUT2D eigenvalue weighted by Crippen LogP contribution is -2.36. The summed E-state index contributed by atoms with van der Waals surface area (Å²) in [5.74, 6) is 0.341. The normalized spacial score (nSPS) is 28.0. The number of thioether (sulfide) groups is 1. The molecule has 2 aliphatic rings. The zero-order valence-corrected chi connectivity index (χ0v) is 12.9. The summed E-state index contributed by atoms with van der Waals surface area (Å²) in [5, 5.41) is 6.29. The van der Waals surface area contributed by atoms with Gasteiger partial charge in [-0.15, -0.1) is 0 Å². The summed E-state index contributed by atoms with van der Waals surface area (Å²) in [5.41, 5.74) is 5.38. The van der Waals surface area contributed by atoms with Crippen LogP contribution >= 0.6 is 11.8 Å². The SMILES string of the molecule is CC(=CC(=O)CCCC[C@@H]1SC[C@@H]2NC(=O)N[C@@H]21)C(N)=O. The zero-order chi connectivity index (χ0) is 15.4. The van der Waals surface area contributed by atoms with Crippen LogP contribution in [-0.2, 0) is 9.59 Å². The summed E-state index contributed by atoms with van der Waals surface area (Å²) < 4.78 is 0. The van der Waals surface area contributed by atoms with Crippen LogP contribution in [0.3, 0.4) is 0 Å². The second kappa shape index (κ2) is 6.98. The minimum atomic E-state index is -0.554. The van der Waals surface area contributed by atoms with Gasteiger partial charge in [0.05, 0.1) is 12.1 Å². The number of ketones is 1. The fourth-order valence-corrected chi connectivity index (χ4v) is 4.22. The van der Waals surface area contributed by atoms with Crippen LogP contribution < -0.4 is 16.4 Å². The summed E-state index contributed by atoms with van der Waals surface area (Å²) in [4.78, 5) is 33.7. The van der Waals surface area contributed by atoms with Crippen LogP contribution in [-0.4, -0.2) is 40.8 Å². The van der Waals surface area contributed by atoms with Crippen molar-refractivity contribution in [2.24, 2.45) is 5.73 Å². The fourth-order valence-electron chi connectivity index (χ4n) is 2.67. The Hall–Kier alpha value is -1.50. The van der Waals surface area contributed by atoms with E-state index in [1.54, 1.807) is 6.92 Å². The molecular formula is C14H21N3O3S. The van der Waals surface area contributed by atoms with Gasteiger partial charge in [-0.25, -0.2) is 4.79 Å². The van der Waals surface area contributed by atoms with E-state index in [0.29, 0.717) is 17.2 Å². The predicted molar refractivity (Wildman–Crippen MR) is 81.9 cm³/mol. The average molecular weight is 311 g/mol. The van der Waals surface area contributed by atoms with Crippen molar-refractivity contribution in [2.45, 2.75) is 49.9 Å². The van der Waals surface area contributed by atoms with Gasteiger partial charge in [-0.3, -0.25) is 9.59 Å². The van der Waals surface area contributed by atoms with Gasteiger partial charge < -0.3 is 16.4 Å². The number of hydrogen-bond donors (Lipinski definition) is 3. The summed E-state index contributed by atoms with van der Waals surface area (Å²) in [7, 11) is 0.